The van der Waals surface area contributed by atoms with E-state index in [0.29, 0.717) is 5.75 Å². The predicted octanol–water partition coefficient (Wildman–Crippen LogP) is -0.426. The number of hydrogen-bond donors (Lipinski definition) is 5. The maximum Gasteiger partial charge on any atom is 0.218 e. The molecule has 0 aliphatic carbocycles. The first-order valence-electron chi connectivity index (χ1n) is 8.28. The van der Waals surface area contributed by atoms with Crippen molar-refractivity contribution in [1.29, 1.82) is 0 Å². The number of benzene rings is 2. The van der Waals surface area contributed by atoms with E-state index in [4.69, 9.17) is 19.3 Å². The van der Waals surface area contributed by atoms with Gasteiger partial charge in [-0.05, 0) is 35.0 Å². The lowest BCUT2D eigenvalue weighted by molar-refractivity contribution is -0.246. The summed E-state index contributed by atoms with van der Waals surface area (Å²) in [5.74, 6) is 1.23. The first kappa shape index (κ1) is 18.8. The van der Waals surface area contributed by atoms with Crippen molar-refractivity contribution >= 4 is 10.8 Å². The molecule has 8 heteroatoms. The second-order valence-corrected chi connectivity index (χ2v) is 6.09. The zero-order valence-corrected chi connectivity index (χ0v) is 14.3. The van der Waals surface area contributed by atoms with E-state index in [1.165, 1.54) is 0 Å². The molecule has 5 unspecified atom stereocenters. The summed E-state index contributed by atoms with van der Waals surface area (Å²) in [5, 5.41) is 43.2. The molecule has 1 fully saturated rings. The molecule has 142 valence electrons. The van der Waals surface area contributed by atoms with Crippen molar-refractivity contribution in [3.8, 4) is 11.5 Å². The van der Waals surface area contributed by atoms with Gasteiger partial charge in [-0.25, -0.2) is 0 Å². The minimum atomic E-state index is -1.30. The van der Waals surface area contributed by atoms with Crippen molar-refractivity contribution in [2.45, 2.75) is 30.6 Å². The number of ether oxygens (including phenoxy) is 3. The molecule has 3 rings (SSSR count). The lowest BCUT2D eigenvalue weighted by Gasteiger charge is -2.42. The highest BCUT2D eigenvalue weighted by molar-refractivity contribution is 5.85. The smallest absolute Gasteiger partial charge is 0.218 e. The Hall–Kier alpha value is -1.94. The average molecular weight is 365 g/mol. The Labute approximate surface area is 150 Å². The molecule has 0 bridgehead atoms. The van der Waals surface area contributed by atoms with Crippen LogP contribution in [-0.4, -0.2) is 71.5 Å². The first-order chi connectivity index (χ1) is 12.6. The van der Waals surface area contributed by atoms with Crippen LogP contribution in [0.2, 0.25) is 0 Å². The maximum atomic E-state index is 10.2. The molecular weight excluding hydrogens is 342 g/mol. The van der Waals surface area contributed by atoms with Gasteiger partial charge in [-0.15, -0.1) is 0 Å². The third-order valence-electron chi connectivity index (χ3n) is 4.48. The van der Waals surface area contributed by atoms with E-state index in [9.17, 15) is 15.3 Å². The van der Waals surface area contributed by atoms with Crippen molar-refractivity contribution in [3.63, 3.8) is 0 Å². The largest absolute Gasteiger partial charge is 0.497 e. The topological polar surface area (TPSA) is 121 Å². The van der Waals surface area contributed by atoms with Crippen molar-refractivity contribution < 1.29 is 34.6 Å². The van der Waals surface area contributed by atoms with Gasteiger partial charge in [-0.3, -0.25) is 5.32 Å². The van der Waals surface area contributed by atoms with Crippen LogP contribution in [0.25, 0.3) is 10.8 Å². The molecule has 8 nitrogen and oxygen atoms in total. The van der Waals surface area contributed by atoms with Crippen LogP contribution < -0.4 is 14.8 Å². The highest BCUT2D eigenvalue weighted by atomic mass is 16.7. The van der Waals surface area contributed by atoms with Crippen LogP contribution in [0.1, 0.15) is 0 Å². The van der Waals surface area contributed by atoms with Crippen LogP contribution in [0.4, 0.5) is 0 Å². The zero-order chi connectivity index (χ0) is 18.7. The molecule has 2 aromatic carbocycles. The Morgan fingerprint density at radius 1 is 1.00 bits per heavy atom. The third-order valence-corrected chi connectivity index (χ3v) is 4.48. The number of aliphatic hydroxyl groups excluding tert-OH is 4. The van der Waals surface area contributed by atoms with Gasteiger partial charge in [0, 0.05) is 0 Å². The van der Waals surface area contributed by atoms with Gasteiger partial charge in [0.2, 0.25) is 6.29 Å². The lowest BCUT2D eigenvalue weighted by Crippen LogP contribution is -2.64. The number of aliphatic hydroxyl groups is 4. The second-order valence-electron chi connectivity index (χ2n) is 6.09. The third kappa shape index (κ3) is 3.75. The van der Waals surface area contributed by atoms with E-state index in [-0.39, 0.29) is 0 Å². The van der Waals surface area contributed by atoms with Crippen LogP contribution in [0.3, 0.4) is 0 Å². The van der Waals surface area contributed by atoms with Crippen molar-refractivity contribution in [2.24, 2.45) is 0 Å². The molecule has 0 aromatic heterocycles. The number of rotatable bonds is 6. The summed E-state index contributed by atoms with van der Waals surface area (Å²) in [4.78, 5) is 0. The quantitative estimate of drug-likeness (QED) is 0.438. The van der Waals surface area contributed by atoms with Gasteiger partial charge in [0.25, 0.3) is 0 Å². The Kier molecular flexibility index (Phi) is 5.92. The Bertz CT molecular complexity index is 741. The van der Waals surface area contributed by atoms with Crippen LogP contribution in [0, 0.1) is 0 Å². The molecule has 0 radical (unpaired) electrons. The molecule has 1 aliphatic rings. The minimum Gasteiger partial charge on any atom is -0.497 e. The van der Waals surface area contributed by atoms with Crippen molar-refractivity contribution in [2.75, 3.05) is 20.4 Å². The molecule has 1 aliphatic heterocycles. The summed E-state index contributed by atoms with van der Waals surface area (Å²) in [7, 11) is 1.60. The molecule has 26 heavy (non-hydrogen) atoms. The van der Waals surface area contributed by atoms with Gasteiger partial charge in [0.1, 0.15) is 35.9 Å². The van der Waals surface area contributed by atoms with E-state index < -0.39 is 44.0 Å². The Morgan fingerprint density at radius 2 is 1.65 bits per heavy atom. The summed E-state index contributed by atoms with van der Waals surface area (Å²) in [6, 6.07) is 10.2. The molecule has 0 spiro atoms. The fourth-order valence-electron chi connectivity index (χ4n) is 3.04. The highest BCUT2D eigenvalue weighted by Crippen LogP contribution is 2.28. The summed E-state index contributed by atoms with van der Waals surface area (Å²) < 4.78 is 16.6. The van der Waals surface area contributed by atoms with Gasteiger partial charge in [-0.1, -0.05) is 12.1 Å². The summed E-state index contributed by atoms with van der Waals surface area (Å²) in [6.45, 7) is -0.902. The molecule has 5 N–H and O–H groups in total. The molecule has 5 atom stereocenters. The number of nitrogens with one attached hydrogen (secondary N) is 1. The zero-order valence-electron chi connectivity index (χ0n) is 14.3. The normalized spacial score (nSPS) is 28.9. The van der Waals surface area contributed by atoms with Crippen LogP contribution in [-0.2, 0) is 4.74 Å². The van der Waals surface area contributed by atoms with Gasteiger partial charge < -0.3 is 34.6 Å². The average Bonchev–Trinajstić information content (AvgIpc) is 2.67. The fourth-order valence-corrected chi connectivity index (χ4v) is 3.04. The molecule has 2 aromatic rings. The number of fused-ring (bicyclic) bond motifs is 1. The van der Waals surface area contributed by atoms with Crippen molar-refractivity contribution in [1.82, 2.24) is 5.32 Å². The maximum absolute atomic E-state index is 10.2. The van der Waals surface area contributed by atoms with Gasteiger partial charge in [0.15, 0.2) is 0 Å². The monoisotopic (exact) mass is 365 g/mol. The highest BCUT2D eigenvalue weighted by Gasteiger charge is 2.45. The van der Waals surface area contributed by atoms with E-state index in [1.807, 2.05) is 24.3 Å². The number of hydrogen-bond acceptors (Lipinski definition) is 8. The second kappa shape index (κ2) is 8.17. The standard InChI is InChI=1S/C18H23NO7/c1-24-12-4-2-11-7-13(5-3-10(11)6-12)25-18-15(19-9-21)17(23)16(22)14(8-20)26-18/h2-7,14-23H,8-9H2,1H3. The summed E-state index contributed by atoms with van der Waals surface area (Å²) in [6.07, 6.45) is -4.57. The van der Waals surface area contributed by atoms with E-state index >= 15 is 0 Å². The summed E-state index contributed by atoms with van der Waals surface area (Å²) in [5.41, 5.74) is 0. The molecular formula is C18H23NO7. The van der Waals surface area contributed by atoms with Crippen LogP contribution >= 0.6 is 0 Å². The van der Waals surface area contributed by atoms with E-state index in [2.05, 4.69) is 5.32 Å². The van der Waals surface area contributed by atoms with E-state index in [1.54, 1.807) is 19.2 Å². The van der Waals surface area contributed by atoms with Crippen LogP contribution in [0.15, 0.2) is 36.4 Å². The number of methoxy groups -OCH3 is 1. The van der Waals surface area contributed by atoms with Gasteiger partial charge in [-0.2, -0.15) is 0 Å². The SMILES string of the molecule is COc1ccc2cc(OC3OC(CO)C(O)C(O)C3NCO)ccc2c1. The van der Waals surface area contributed by atoms with Crippen molar-refractivity contribution in [3.05, 3.63) is 36.4 Å². The van der Waals surface area contributed by atoms with Gasteiger partial charge in [0.05, 0.1) is 20.4 Å². The van der Waals surface area contributed by atoms with Gasteiger partial charge >= 0.3 is 0 Å². The van der Waals surface area contributed by atoms with E-state index in [0.717, 1.165) is 16.5 Å². The van der Waals surface area contributed by atoms with Crippen LogP contribution in [0.5, 0.6) is 11.5 Å². The fraction of sp³-hybridized carbons (Fsp3) is 0.444. The minimum absolute atomic E-state index is 0.432. The Balaban J connectivity index is 1.83. The molecule has 1 heterocycles. The first-order valence-corrected chi connectivity index (χ1v) is 8.28. The molecule has 0 saturated carbocycles. The molecule has 0 amide bonds. The molecule has 1 saturated heterocycles. The Morgan fingerprint density at radius 3 is 2.27 bits per heavy atom. The lowest BCUT2D eigenvalue weighted by atomic mass is 9.97. The summed E-state index contributed by atoms with van der Waals surface area (Å²) >= 11 is 0. The predicted molar refractivity (Wildman–Crippen MR) is 92.9 cm³/mol.